The highest BCUT2D eigenvalue weighted by Crippen LogP contribution is 2.14. The summed E-state index contributed by atoms with van der Waals surface area (Å²) in [5.41, 5.74) is 0.652. The van der Waals surface area contributed by atoms with Crippen LogP contribution in [-0.4, -0.2) is 18.1 Å². The van der Waals surface area contributed by atoms with Crippen LogP contribution in [0.1, 0.15) is 32.3 Å². The Morgan fingerprint density at radius 3 is 3.00 bits per heavy atom. The zero-order valence-electron chi connectivity index (χ0n) is 11.2. The van der Waals surface area contributed by atoms with Crippen LogP contribution in [0, 0.1) is 17.2 Å². The minimum atomic E-state index is 0.652. The van der Waals surface area contributed by atoms with Crippen molar-refractivity contribution >= 4 is 11.8 Å². The summed E-state index contributed by atoms with van der Waals surface area (Å²) in [6.45, 7) is 5.25. The Morgan fingerprint density at radius 2 is 2.28 bits per heavy atom. The maximum Gasteiger partial charge on any atom is 0.120 e. The molecule has 0 aromatic heterocycles. The molecular weight excluding hydrogens is 242 g/mol. The lowest BCUT2D eigenvalue weighted by atomic mass is 10.2. The van der Waals surface area contributed by atoms with Gasteiger partial charge in [0.25, 0.3) is 0 Å². The Bertz CT molecular complexity index is 386. The molecule has 0 saturated heterocycles. The van der Waals surface area contributed by atoms with E-state index in [0.717, 1.165) is 30.4 Å². The standard InChI is InChI=1S/C15H21NOS/c1-3-13(2)12-18-9-5-8-17-15-7-4-6-14(10-15)11-16/h4,6-7,10,13H,3,5,8-9,12H2,1-2H3. The molecule has 0 amide bonds. The number of rotatable bonds is 8. The van der Waals surface area contributed by atoms with Gasteiger partial charge in [-0.05, 0) is 42.0 Å². The minimum Gasteiger partial charge on any atom is -0.494 e. The second-order valence-corrected chi connectivity index (χ2v) is 5.58. The summed E-state index contributed by atoms with van der Waals surface area (Å²) in [4.78, 5) is 0. The molecule has 0 saturated carbocycles. The van der Waals surface area contributed by atoms with E-state index in [-0.39, 0.29) is 0 Å². The fourth-order valence-corrected chi connectivity index (χ4v) is 2.54. The highest BCUT2D eigenvalue weighted by molar-refractivity contribution is 7.99. The summed E-state index contributed by atoms with van der Waals surface area (Å²) in [6, 6.07) is 9.43. The minimum absolute atomic E-state index is 0.652. The molecule has 1 aromatic rings. The molecule has 0 spiro atoms. The van der Waals surface area contributed by atoms with E-state index in [1.807, 2.05) is 23.9 Å². The number of benzene rings is 1. The van der Waals surface area contributed by atoms with Gasteiger partial charge in [-0.3, -0.25) is 0 Å². The van der Waals surface area contributed by atoms with Gasteiger partial charge in [0.15, 0.2) is 0 Å². The van der Waals surface area contributed by atoms with Crippen LogP contribution >= 0.6 is 11.8 Å². The highest BCUT2D eigenvalue weighted by Gasteiger charge is 1.99. The van der Waals surface area contributed by atoms with E-state index < -0.39 is 0 Å². The van der Waals surface area contributed by atoms with Crippen LogP contribution in [0.2, 0.25) is 0 Å². The summed E-state index contributed by atoms with van der Waals surface area (Å²) in [7, 11) is 0. The maximum absolute atomic E-state index is 8.77. The molecular formula is C15H21NOS. The second kappa shape index (κ2) is 8.88. The van der Waals surface area contributed by atoms with Crippen molar-refractivity contribution in [3.8, 4) is 11.8 Å². The molecule has 18 heavy (non-hydrogen) atoms. The fourth-order valence-electron chi connectivity index (χ4n) is 1.41. The van der Waals surface area contributed by atoms with Crippen molar-refractivity contribution in [1.29, 1.82) is 5.26 Å². The van der Waals surface area contributed by atoms with E-state index in [9.17, 15) is 0 Å². The summed E-state index contributed by atoms with van der Waals surface area (Å²) in [5.74, 6) is 3.98. The van der Waals surface area contributed by atoms with Gasteiger partial charge in [-0.1, -0.05) is 26.3 Å². The van der Waals surface area contributed by atoms with Crippen LogP contribution in [-0.2, 0) is 0 Å². The Labute approximate surface area is 114 Å². The zero-order chi connectivity index (χ0) is 13.2. The molecule has 3 heteroatoms. The molecule has 1 atom stereocenters. The number of nitrogens with zero attached hydrogens (tertiary/aromatic N) is 1. The summed E-state index contributed by atoms with van der Waals surface area (Å²) < 4.78 is 5.62. The van der Waals surface area contributed by atoms with E-state index in [0.29, 0.717) is 5.56 Å². The van der Waals surface area contributed by atoms with E-state index in [2.05, 4.69) is 19.9 Å². The third-order valence-electron chi connectivity index (χ3n) is 2.76. The fraction of sp³-hybridized carbons (Fsp3) is 0.533. The molecule has 0 aliphatic rings. The van der Waals surface area contributed by atoms with Crippen LogP contribution in [0.3, 0.4) is 0 Å². The summed E-state index contributed by atoms with van der Waals surface area (Å²) in [6.07, 6.45) is 2.31. The Kier molecular flexibility index (Phi) is 7.36. The van der Waals surface area contributed by atoms with Crippen molar-refractivity contribution in [3.05, 3.63) is 29.8 Å². The second-order valence-electron chi connectivity index (χ2n) is 4.43. The summed E-state index contributed by atoms with van der Waals surface area (Å²) in [5, 5.41) is 8.77. The molecule has 2 nitrogen and oxygen atoms in total. The van der Waals surface area contributed by atoms with E-state index in [1.165, 1.54) is 12.2 Å². The molecule has 1 unspecified atom stereocenters. The number of ether oxygens (including phenoxy) is 1. The molecule has 1 rings (SSSR count). The quantitative estimate of drug-likeness (QED) is 0.662. The van der Waals surface area contributed by atoms with Crippen LogP contribution in [0.15, 0.2) is 24.3 Å². The van der Waals surface area contributed by atoms with Gasteiger partial charge in [0, 0.05) is 0 Å². The van der Waals surface area contributed by atoms with Crippen LogP contribution in [0.4, 0.5) is 0 Å². The first-order valence-corrected chi connectivity index (χ1v) is 7.62. The maximum atomic E-state index is 8.77. The Hall–Kier alpha value is -1.14. The van der Waals surface area contributed by atoms with Crippen molar-refractivity contribution in [1.82, 2.24) is 0 Å². The SMILES string of the molecule is CCC(C)CSCCCOc1cccc(C#N)c1. The molecule has 1 aromatic carbocycles. The van der Waals surface area contributed by atoms with E-state index in [1.54, 1.807) is 12.1 Å². The average Bonchev–Trinajstić information content (AvgIpc) is 2.42. The van der Waals surface area contributed by atoms with Crippen LogP contribution in [0.25, 0.3) is 0 Å². The third-order valence-corrected chi connectivity index (χ3v) is 4.15. The molecule has 0 N–H and O–H groups in total. The Morgan fingerprint density at radius 1 is 1.44 bits per heavy atom. The van der Waals surface area contributed by atoms with E-state index >= 15 is 0 Å². The van der Waals surface area contributed by atoms with Crippen LogP contribution in [0.5, 0.6) is 5.75 Å². The largest absolute Gasteiger partial charge is 0.494 e. The smallest absolute Gasteiger partial charge is 0.120 e. The molecule has 0 aliphatic carbocycles. The first-order valence-electron chi connectivity index (χ1n) is 6.47. The predicted octanol–water partition coefficient (Wildman–Crippen LogP) is 4.11. The topological polar surface area (TPSA) is 33.0 Å². The van der Waals surface area contributed by atoms with Gasteiger partial charge < -0.3 is 4.74 Å². The van der Waals surface area contributed by atoms with Crippen molar-refractivity contribution < 1.29 is 4.74 Å². The van der Waals surface area contributed by atoms with Gasteiger partial charge >= 0.3 is 0 Å². The van der Waals surface area contributed by atoms with Crippen molar-refractivity contribution in [2.24, 2.45) is 5.92 Å². The molecule has 0 radical (unpaired) electrons. The number of nitriles is 1. The number of thioether (sulfide) groups is 1. The lowest BCUT2D eigenvalue weighted by Crippen LogP contribution is -2.01. The number of hydrogen-bond acceptors (Lipinski definition) is 3. The van der Waals surface area contributed by atoms with Gasteiger partial charge in [0.1, 0.15) is 5.75 Å². The number of hydrogen-bond donors (Lipinski definition) is 0. The normalized spacial score (nSPS) is 11.8. The first kappa shape index (κ1) is 14.9. The van der Waals surface area contributed by atoms with Gasteiger partial charge in [0.05, 0.1) is 18.2 Å². The average molecular weight is 263 g/mol. The predicted molar refractivity (Wildman–Crippen MR) is 78.0 cm³/mol. The van der Waals surface area contributed by atoms with Crippen molar-refractivity contribution in [2.45, 2.75) is 26.7 Å². The Balaban J connectivity index is 2.12. The van der Waals surface area contributed by atoms with Crippen LogP contribution < -0.4 is 4.74 Å². The lowest BCUT2D eigenvalue weighted by molar-refractivity contribution is 0.318. The first-order chi connectivity index (χ1) is 8.76. The molecule has 0 fully saturated rings. The van der Waals surface area contributed by atoms with Crippen molar-refractivity contribution in [3.63, 3.8) is 0 Å². The van der Waals surface area contributed by atoms with Crippen molar-refractivity contribution in [2.75, 3.05) is 18.1 Å². The van der Waals surface area contributed by atoms with Gasteiger partial charge in [-0.15, -0.1) is 0 Å². The molecule has 0 heterocycles. The van der Waals surface area contributed by atoms with Gasteiger partial charge in [0.2, 0.25) is 0 Å². The van der Waals surface area contributed by atoms with Gasteiger partial charge in [-0.25, -0.2) is 0 Å². The zero-order valence-corrected chi connectivity index (χ0v) is 12.0. The van der Waals surface area contributed by atoms with E-state index in [4.69, 9.17) is 10.00 Å². The summed E-state index contributed by atoms with van der Waals surface area (Å²) >= 11 is 2.00. The molecule has 0 aliphatic heterocycles. The molecule has 0 bridgehead atoms. The highest BCUT2D eigenvalue weighted by atomic mass is 32.2. The van der Waals surface area contributed by atoms with Gasteiger partial charge in [-0.2, -0.15) is 17.0 Å². The third kappa shape index (κ3) is 5.97. The monoisotopic (exact) mass is 263 g/mol. The molecule has 98 valence electrons. The lowest BCUT2D eigenvalue weighted by Gasteiger charge is -2.08.